The molecular weight excluding hydrogens is 224 g/mol. The van der Waals surface area contributed by atoms with Gasteiger partial charge >= 0.3 is 0 Å². The van der Waals surface area contributed by atoms with Gasteiger partial charge in [-0.3, -0.25) is 4.98 Å². The summed E-state index contributed by atoms with van der Waals surface area (Å²) in [6.07, 6.45) is 3.47. The molecule has 3 heteroatoms. The number of nitrogens with two attached hydrogens (primary N) is 1. The van der Waals surface area contributed by atoms with Crippen molar-refractivity contribution in [3.05, 3.63) is 59.9 Å². The molecule has 90 valence electrons. The van der Waals surface area contributed by atoms with Crippen LogP contribution in [0.2, 0.25) is 0 Å². The van der Waals surface area contributed by atoms with Crippen LogP contribution in [0.4, 0.5) is 0 Å². The molecule has 0 saturated heterocycles. The van der Waals surface area contributed by atoms with E-state index in [4.69, 9.17) is 10.5 Å². The highest BCUT2D eigenvalue weighted by Crippen LogP contribution is 2.12. The lowest BCUT2D eigenvalue weighted by Gasteiger charge is -2.03. The lowest BCUT2D eigenvalue weighted by molar-refractivity contribution is 0.328. The van der Waals surface area contributed by atoms with E-state index in [1.54, 1.807) is 12.4 Å². The fourth-order valence-electron chi connectivity index (χ4n) is 1.42. The molecule has 0 unspecified atom stereocenters. The summed E-state index contributed by atoms with van der Waals surface area (Å²) in [6.45, 7) is 1.02. The maximum atomic E-state index is 5.44. The van der Waals surface area contributed by atoms with Crippen molar-refractivity contribution in [3.8, 4) is 17.6 Å². The van der Waals surface area contributed by atoms with E-state index < -0.39 is 0 Å². The topological polar surface area (TPSA) is 48.1 Å². The van der Waals surface area contributed by atoms with E-state index in [-0.39, 0.29) is 0 Å². The van der Waals surface area contributed by atoms with Crippen molar-refractivity contribution in [2.75, 3.05) is 13.2 Å². The highest BCUT2D eigenvalue weighted by atomic mass is 16.5. The molecule has 2 N–H and O–H groups in total. The molecule has 0 bridgehead atoms. The van der Waals surface area contributed by atoms with Gasteiger partial charge in [-0.15, -0.1) is 0 Å². The first-order chi connectivity index (χ1) is 8.88. The number of nitrogens with zero attached hydrogens (tertiary/aromatic N) is 1. The molecule has 0 saturated carbocycles. The van der Waals surface area contributed by atoms with Crippen LogP contribution in [0.3, 0.4) is 0 Å². The smallest absolute Gasteiger partial charge is 0.120 e. The number of rotatable bonds is 3. The molecule has 3 nitrogen and oxygen atoms in total. The molecule has 0 radical (unpaired) electrons. The van der Waals surface area contributed by atoms with Crippen LogP contribution in [0.25, 0.3) is 0 Å². The van der Waals surface area contributed by atoms with Crippen molar-refractivity contribution < 1.29 is 4.74 Å². The van der Waals surface area contributed by atoms with Gasteiger partial charge in [-0.25, -0.2) is 0 Å². The summed E-state index contributed by atoms with van der Waals surface area (Å²) < 4.78 is 5.44. The second-order valence-corrected chi connectivity index (χ2v) is 3.66. The molecule has 0 atom stereocenters. The third-order valence-corrected chi connectivity index (χ3v) is 2.23. The molecular formula is C15H14N2O. The Balaban J connectivity index is 2.12. The first-order valence-electron chi connectivity index (χ1n) is 5.73. The van der Waals surface area contributed by atoms with Crippen molar-refractivity contribution in [1.29, 1.82) is 0 Å². The Morgan fingerprint density at radius 3 is 2.72 bits per heavy atom. The molecule has 1 heterocycles. The summed E-state index contributed by atoms with van der Waals surface area (Å²) in [5.41, 5.74) is 7.19. The Hall–Kier alpha value is -2.31. The highest BCUT2D eigenvalue weighted by molar-refractivity contribution is 5.44. The maximum Gasteiger partial charge on any atom is 0.120 e. The van der Waals surface area contributed by atoms with Crippen molar-refractivity contribution in [2.24, 2.45) is 5.73 Å². The fourth-order valence-corrected chi connectivity index (χ4v) is 1.42. The van der Waals surface area contributed by atoms with Gasteiger partial charge in [0, 0.05) is 30.1 Å². The van der Waals surface area contributed by atoms with E-state index in [1.165, 1.54) is 0 Å². The number of hydrogen-bond acceptors (Lipinski definition) is 3. The molecule has 2 rings (SSSR count). The summed E-state index contributed by atoms with van der Waals surface area (Å²) in [5, 5.41) is 0. The number of pyridine rings is 1. The molecule has 0 aliphatic rings. The van der Waals surface area contributed by atoms with Gasteiger partial charge < -0.3 is 10.5 Å². The molecule has 1 aromatic carbocycles. The number of ether oxygens (including phenoxy) is 1. The third kappa shape index (κ3) is 3.62. The molecule has 18 heavy (non-hydrogen) atoms. The predicted octanol–water partition coefficient (Wildman–Crippen LogP) is 1.82. The van der Waals surface area contributed by atoms with E-state index in [2.05, 4.69) is 16.8 Å². The third-order valence-electron chi connectivity index (χ3n) is 2.23. The summed E-state index contributed by atoms with van der Waals surface area (Å²) >= 11 is 0. The quantitative estimate of drug-likeness (QED) is 0.830. The normalized spacial score (nSPS) is 9.39. The number of benzene rings is 1. The first kappa shape index (κ1) is 12.2. The van der Waals surface area contributed by atoms with E-state index in [9.17, 15) is 0 Å². The van der Waals surface area contributed by atoms with Crippen LogP contribution >= 0.6 is 0 Å². The average Bonchev–Trinajstić information content (AvgIpc) is 2.44. The molecule has 0 fully saturated rings. The Bertz CT molecular complexity index is 555. The first-order valence-corrected chi connectivity index (χ1v) is 5.73. The Morgan fingerprint density at radius 1 is 1.11 bits per heavy atom. The van der Waals surface area contributed by atoms with Crippen molar-refractivity contribution in [1.82, 2.24) is 4.98 Å². The van der Waals surface area contributed by atoms with E-state index in [0.717, 1.165) is 16.9 Å². The van der Waals surface area contributed by atoms with Crippen LogP contribution in [-0.4, -0.2) is 18.1 Å². The van der Waals surface area contributed by atoms with Gasteiger partial charge in [0.2, 0.25) is 0 Å². The zero-order valence-corrected chi connectivity index (χ0v) is 9.97. The monoisotopic (exact) mass is 238 g/mol. The number of hydrogen-bond donors (Lipinski definition) is 1. The summed E-state index contributed by atoms with van der Waals surface area (Å²) in [6, 6.07) is 11.4. The van der Waals surface area contributed by atoms with Crippen LogP contribution in [0.15, 0.2) is 48.8 Å². The highest BCUT2D eigenvalue weighted by Gasteiger charge is 1.93. The fraction of sp³-hybridized carbons (Fsp3) is 0.133. The molecule has 1 aromatic heterocycles. The van der Waals surface area contributed by atoms with E-state index in [0.29, 0.717) is 13.2 Å². The summed E-state index contributed by atoms with van der Waals surface area (Å²) in [5.74, 6) is 6.92. The summed E-state index contributed by atoms with van der Waals surface area (Å²) in [7, 11) is 0. The van der Waals surface area contributed by atoms with Gasteiger partial charge in [-0.1, -0.05) is 17.9 Å². The lowest BCUT2D eigenvalue weighted by Crippen LogP contribution is -2.10. The van der Waals surface area contributed by atoms with Crippen LogP contribution in [0, 0.1) is 11.8 Å². The lowest BCUT2D eigenvalue weighted by atomic mass is 10.2. The average molecular weight is 238 g/mol. The Labute approximate surface area is 107 Å². The second-order valence-electron chi connectivity index (χ2n) is 3.66. The van der Waals surface area contributed by atoms with Crippen LogP contribution < -0.4 is 10.5 Å². The van der Waals surface area contributed by atoms with Gasteiger partial charge in [-0.05, 0) is 30.3 Å². The SMILES string of the molecule is NCCOc1cccc(C#Cc2cccnc2)c1. The van der Waals surface area contributed by atoms with Gasteiger partial charge in [-0.2, -0.15) is 0 Å². The van der Waals surface area contributed by atoms with Gasteiger partial charge in [0.05, 0.1) is 0 Å². The van der Waals surface area contributed by atoms with Gasteiger partial charge in [0.15, 0.2) is 0 Å². The molecule has 0 aliphatic carbocycles. The standard InChI is InChI=1S/C15H14N2O/c16-8-10-18-15-5-1-3-13(11-15)6-7-14-4-2-9-17-12-14/h1-5,9,11-12H,8,10,16H2. The van der Waals surface area contributed by atoms with Crippen molar-refractivity contribution in [2.45, 2.75) is 0 Å². The maximum absolute atomic E-state index is 5.44. The second kappa shape index (κ2) is 6.43. The number of aromatic nitrogens is 1. The van der Waals surface area contributed by atoms with Crippen LogP contribution in [-0.2, 0) is 0 Å². The van der Waals surface area contributed by atoms with Gasteiger partial charge in [0.25, 0.3) is 0 Å². The van der Waals surface area contributed by atoms with Crippen LogP contribution in [0.1, 0.15) is 11.1 Å². The predicted molar refractivity (Wildman–Crippen MR) is 71.2 cm³/mol. The van der Waals surface area contributed by atoms with Crippen LogP contribution in [0.5, 0.6) is 5.75 Å². The minimum atomic E-state index is 0.506. The van der Waals surface area contributed by atoms with Gasteiger partial charge in [0.1, 0.15) is 12.4 Å². The zero-order valence-electron chi connectivity index (χ0n) is 9.97. The Morgan fingerprint density at radius 2 is 1.94 bits per heavy atom. The summed E-state index contributed by atoms with van der Waals surface area (Å²) in [4.78, 5) is 4.01. The van der Waals surface area contributed by atoms with E-state index >= 15 is 0 Å². The Kier molecular flexibility index (Phi) is 4.34. The molecule has 0 amide bonds. The molecule has 0 spiro atoms. The zero-order chi connectivity index (χ0) is 12.6. The minimum absolute atomic E-state index is 0.506. The van der Waals surface area contributed by atoms with Crippen molar-refractivity contribution >= 4 is 0 Å². The minimum Gasteiger partial charge on any atom is -0.492 e. The molecule has 0 aliphatic heterocycles. The largest absolute Gasteiger partial charge is 0.492 e. The van der Waals surface area contributed by atoms with Crippen molar-refractivity contribution in [3.63, 3.8) is 0 Å². The molecule has 2 aromatic rings. The van der Waals surface area contributed by atoms with E-state index in [1.807, 2.05) is 36.4 Å².